The van der Waals surface area contributed by atoms with E-state index in [2.05, 4.69) is 0 Å². The lowest BCUT2D eigenvalue weighted by molar-refractivity contribution is -0.0540. The van der Waals surface area contributed by atoms with Gasteiger partial charge in [0, 0.05) is 13.1 Å². The molecular formula is C13H26N2O3. The lowest BCUT2D eigenvalue weighted by Gasteiger charge is -2.43. The molecule has 2 atom stereocenters. The average Bonchev–Trinajstić information content (AvgIpc) is 2.27. The Morgan fingerprint density at radius 2 is 2.00 bits per heavy atom. The Kier molecular flexibility index (Phi) is 4.61. The zero-order valence-electron chi connectivity index (χ0n) is 11.9. The Bertz CT molecular complexity index is 297. The molecule has 0 saturated carbocycles. The lowest BCUT2D eigenvalue weighted by atomic mass is 9.88. The number of carbonyl (C=O) groups excluding carboxylic acids is 1. The zero-order chi connectivity index (χ0) is 14.0. The molecule has 0 aromatic heterocycles. The summed E-state index contributed by atoms with van der Waals surface area (Å²) in [7, 11) is 0. The van der Waals surface area contributed by atoms with Crippen LogP contribution >= 0.6 is 0 Å². The SMILES string of the molecule is CC(C)(C)OC(=O)N1CCCC[C@H]1[C@@](C)(O)CN. The highest BCUT2D eigenvalue weighted by atomic mass is 16.6. The second-order valence-corrected chi connectivity index (χ2v) is 6.25. The van der Waals surface area contributed by atoms with Crippen molar-refractivity contribution in [1.29, 1.82) is 0 Å². The molecule has 1 rings (SSSR count). The van der Waals surface area contributed by atoms with Crippen molar-refractivity contribution in [3.8, 4) is 0 Å². The standard InChI is InChI=1S/C13H26N2O3/c1-12(2,3)18-11(16)15-8-6-5-7-10(15)13(4,17)9-14/h10,17H,5-9,14H2,1-4H3/t10-,13-/m0/s1. The maximum Gasteiger partial charge on any atom is 0.410 e. The van der Waals surface area contributed by atoms with Crippen LogP contribution < -0.4 is 5.73 Å². The number of ether oxygens (including phenoxy) is 1. The number of nitrogens with zero attached hydrogens (tertiary/aromatic N) is 1. The minimum Gasteiger partial charge on any atom is -0.444 e. The largest absolute Gasteiger partial charge is 0.444 e. The van der Waals surface area contributed by atoms with E-state index in [0.717, 1.165) is 19.3 Å². The normalized spacial score (nSPS) is 24.6. The van der Waals surface area contributed by atoms with Crippen molar-refractivity contribution in [3.05, 3.63) is 0 Å². The molecule has 1 aliphatic heterocycles. The number of nitrogens with two attached hydrogens (primary N) is 1. The minimum atomic E-state index is -1.06. The van der Waals surface area contributed by atoms with Crippen molar-refractivity contribution in [1.82, 2.24) is 4.90 Å². The lowest BCUT2D eigenvalue weighted by Crippen LogP contribution is -2.59. The maximum absolute atomic E-state index is 12.1. The molecule has 0 bridgehead atoms. The summed E-state index contributed by atoms with van der Waals surface area (Å²) in [5.74, 6) is 0. The van der Waals surface area contributed by atoms with Gasteiger partial charge in [-0.3, -0.25) is 0 Å². The predicted molar refractivity (Wildman–Crippen MR) is 70.3 cm³/mol. The van der Waals surface area contributed by atoms with Crippen LogP contribution in [0.5, 0.6) is 0 Å². The molecule has 1 amide bonds. The third kappa shape index (κ3) is 3.85. The summed E-state index contributed by atoms with van der Waals surface area (Å²) in [6.45, 7) is 7.95. The molecule has 0 aliphatic carbocycles. The Morgan fingerprint density at radius 1 is 1.39 bits per heavy atom. The van der Waals surface area contributed by atoms with Crippen LogP contribution in [0.3, 0.4) is 0 Å². The first-order chi connectivity index (χ1) is 8.17. The van der Waals surface area contributed by atoms with E-state index in [-0.39, 0.29) is 18.7 Å². The summed E-state index contributed by atoms with van der Waals surface area (Å²) in [5, 5.41) is 10.3. The summed E-state index contributed by atoms with van der Waals surface area (Å²) < 4.78 is 5.38. The van der Waals surface area contributed by atoms with E-state index in [1.807, 2.05) is 20.8 Å². The molecule has 1 fully saturated rings. The van der Waals surface area contributed by atoms with Gasteiger partial charge in [0.1, 0.15) is 5.60 Å². The third-order valence-corrected chi connectivity index (χ3v) is 3.26. The molecule has 1 saturated heterocycles. The molecular weight excluding hydrogens is 232 g/mol. The zero-order valence-corrected chi connectivity index (χ0v) is 11.9. The second kappa shape index (κ2) is 5.45. The Morgan fingerprint density at radius 3 is 2.50 bits per heavy atom. The number of amides is 1. The van der Waals surface area contributed by atoms with Crippen LogP contribution in [0.4, 0.5) is 4.79 Å². The van der Waals surface area contributed by atoms with Gasteiger partial charge in [0.25, 0.3) is 0 Å². The number of carbonyl (C=O) groups is 1. The third-order valence-electron chi connectivity index (χ3n) is 3.26. The molecule has 1 heterocycles. The van der Waals surface area contributed by atoms with Gasteiger partial charge in [0.05, 0.1) is 11.6 Å². The Labute approximate surface area is 109 Å². The van der Waals surface area contributed by atoms with Gasteiger partial charge in [-0.2, -0.15) is 0 Å². The number of hydrogen-bond acceptors (Lipinski definition) is 4. The smallest absolute Gasteiger partial charge is 0.410 e. The van der Waals surface area contributed by atoms with Gasteiger partial charge in [-0.1, -0.05) is 0 Å². The van der Waals surface area contributed by atoms with Crippen molar-refractivity contribution in [2.45, 2.75) is 64.2 Å². The van der Waals surface area contributed by atoms with Gasteiger partial charge in [0.2, 0.25) is 0 Å². The maximum atomic E-state index is 12.1. The summed E-state index contributed by atoms with van der Waals surface area (Å²) in [6, 6.07) is -0.258. The second-order valence-electron chi connectivity index (χ2n) is 6.25. The van der Waals surface area contributed by atoms with Gasteiger partial charge in [-0.15, -0.1) is 0 Å². The van der Waals surface area contributed by atoms with E-state index in [4.69, 9.17) is 10.5 Å². The highest BCUT2D eigenvalue weighted by Gasteiger charge is 2.40. The summed E-state index contributed by atoms with van der Waals surface area (Å²) in [5.41, 5.74) is 4.02. The molecule has 106 valence electrons. The number of hydrogen-bond donors (Lipinski definition) is 2. The van der Waals surface area contributed by atoms with Crippen LogP contribution in [0.15, 0.2) is 0 Å². The van der Waals surface area contributed by atoms with Gasteiger partial charge in [0.15, 0.2) is 0 Å². The van der Waals surface area contributed by atoms with E-state index in [1.165, 1.54) is 0 Å². The van der Waals surface area contributed by atoms with Crippen LogP contribution in [0, 0.1) is 0 Å². The molecule has 0 spiro atoms. The van der Waals surface area contributed by atoms with Crippen molar-refractivity contribution in [3.63, 3.8) is 0 Å². The molecule has 5 heteroatoms. The molecule has 0 aromatic carbocycles. The van der Waals surface area contributed by atoms with Gasteiger partial charge < -0.3 is 20.5 Å². The van der Waals surface area contributed by atoms with Gasteiger partial charge in [-0.25, -0.2) is 4.79 Å². The van der Waals surface area contributed by atoms with E-state index >= 15 is 0 Å². The van der Waals surface area contributed by atoms with Crippen LogP contribution in [0.1, 0.15) is 47.0 Å². The van der Waals surface area contributed by atoms with Gasteiger partial charge in [-0.05, 0) is 47.0 Å². The summed E-state index contributed by atoms with van der Waals surface area (Å²) in [6.07, 6.45) is 2.35. The first-order valence-corrected chi connectivity index (χ1v) is 6.59. The first-order valence-electron chi connectivity index (χ1n) is 6.59. The highest BCUT2D eigenvalue weighted by molar-refractivity contribution is 5.69. The van der Waals surface area contributed by atoms with E-state index in [1.54, 1.807) is 11.8 Å². The summed E-state index contributed by atoms with van der Waals surface area (Å²) in [4.78, 5) is 13.8. The van der Waals surface area contributed by atoms with Crippen LogP contribution in [0.2, 0.25) is 0 Å². The Balaban J connectivity index is 2.80. The Hall–Kier alpha value is -0.810. The fraction of sp³-hybridized carbons (Fsp3) is 0.923. The van der Waals surface area contributed by atoms with Crippen LogP contribution in [-0.4, -0.2) is 46.4 Å². The van der Waals surface area contributed by atoms with Crippen molar-refractivity contribution in [2.24, 2.45) is 5.73 Å². The number of likely N-dealkylation sites (tertiary alicyclic amines) is 1. The number of piperidine rings is 1. The van der Waals surface area contributed by atoms with E-state index in [0.29, 0.717) is 6.54 Å². The highest BCUT2D eigenvalue weighted by Crippen LogP contribution is 2.27. The number of aliphatic hydroxyl groups is 1. The summed E-state index contributed by atoms with van der Waals surface area (Å²) >= 11 is 0. The first kappa shape index (κ1) is 15.2. The molecule has 18 heavy (non-hydrogen) atoms. The van der Waals surface area contributed by atoms with Crippen molar-refractivity contribution < 1.29 is 14.6 Å². The monoisotopic (exact) mass is 258 g/mol. The molecule has 0 aromatic rings. The molecule has 0 radical (unpaired) electrons. The predicted octanol–water partition coefficient (Wildman–Crippen LogP) is 1.49. The number of rotatable bonds is 2. The minimum absolute atomic E-state index is 0.136. The van der Waals surface area contributed by atoms with Crippen LogP contribution in [-0.2, 0) is 4.74 Å². The molecule has 3 N–H and O–H groups in total. The average molecular weight is 258 g/mol. The molecule has 5 nitrogen and oxygen atoms in total. The van der Waals surface area contributed by atoms with Crippen LogP contribution in [0.25, 0.3) is 0 Å². The van der Waals surface area contributed by atoms with Gasteiger partial charge >= 0.3 is 6.09 Å². The van der Waals surface area contributed by atoms with Crippen molar-refractivity contribution >= 4 is 6.09 Å². The van der Waals surface area contributed by atoms with Crippen molar-refractivity contribution in [2.75, 3.05) is 13.1 Å². The molecule has 1 aliphatic rings. The van der Waals surface area contributed by atoms with E-state index < -0.39 is 11.2 Å². The topological polar surface area (TPSA) is 75.8 Å². The van der Waals surface area contributed by atoms with E-state index in [9.17, 15) is 9.90 Å². The molecule has 0 unspecified atom stereocenters. The fourth-order valence-corrected chi connectivity index (χ4v) is 2.25. The quantitative estimate of drug-likeness (QED) is 0.786. The fourth-order valence-electron chi connectivity index (χ4n) is 2.25.